The van der Waals surface area contributed by atoms with E-state index >= 15 is 0 Å². The van der Waals surface area contributed by atoms with Crippen LogP contribution in [0.5, 0.6) is 5.88 Å². The smallest absolute Gasteiger partial charge is 0.213 e. The first-order valence-corrected chi connectivity index (χ1v) is 8.83. The number of hydrogen-bond acceptors (Lipinski definition) is 4. The van der Waals surface area contributed by atoms with Gasteiger partial charge in [0.15, 0.2) is 5.96 Å². The summed E-state index contributed by atoms with van der Waals surface area (Å²) in [7, 11) is 1.79. The van der Waals surface area contributed by atoms with Gasteiger partial charge in [0.2, 0.25) is 5.88 Å². The van der Waals surface area contributed by atoms with Crippen LogP contribution < -0.4 is 15.4 Å². The Morgan fingerprint density at radius 1 is 1.46 bits per heavy atom. The number of pyridine rings is 1. The van der Waals surface area contributed by atoms with Gasteiger partial charge in [0.25, 0.3) is 0 Å². The van der Waals surface area contributed by atoms with E-state index in [1.807, 2.05) is 0 Å². The van der Waals surface area contributed by atoms with Crippen molar-refractivity contribution in [3.63, 3.8) is 0 Å². The number of aliphatic imine (C=N–C) groups is 1. The summed E-state index contributed by atoms with van der Waals surface area (Å²) >= 11 is 5.80. The van der Waals surface area contributed by atoms with Gasteiger partial charge in [-0.1, -0.05) is 18.5 Å². The lowest BCUT2D eigenvalue weighted by Crippen LogP contribution is -2.47. The third-order valence-corrected chi connectivity index (χ3v) is 4.48. The molecular formula is C17H28ClN5O. The number of hydrogen-bond donors (Lipinski definition) is 2. The predicted octanol–water partition coefficient (Wildman–Crippen LogP) is 2.01. The Hall–Kier alpha value is -1.53. The number of likely N-dealkylation sites (tertiary alicyclic amines) is 1. The Labute approximate surface area is 149 Å². The van der Waals surface area contributed by atoms with Gasteiger partial charge in [0.1, 0.15) is 6.61 Å². The van der Waals surface area contributed by atoms with Crippen LogP contribution in [0.1, 0.15) is 20.8 Å². The maximum Gasteiger partial charge on any atom is 0.213 e. The third kappa shape index (κ3) is 5.53. The van der Waals surface area contributed by atoms with Gasteiger partial charge in [-0.05, 0) is 25.8 Å². The van der Waals surface area contributed by atoms with E-state index in [-0.39, 0.29) is 0 Å². The van der Waals surface area contributed by atoms with E-state index in [0.717, 1.165) is 19.0 Å². The van der Waals surface area contributed by atoms with Crippen molar-refractivity contribution in [2.75, 3.05) is 33.3 Å². The second-order valence-electron chi connectivity index (χ2n) is 6.44. The van der Waals surface area contributed by atoms with E-state index in [9.17, 15) is 0 Å². The molecule has 24 heavy (non-hydrogen) atoms. The lowest BCUT2D eigenvalue weighted by molar-refractivity contribution is 0.265. The number of halogens is 1. The fraction of sp³-hybridized carbons (Fsp3) is 0.647. The van der Waals surface area contributed by atoms with Crippen LogP contribution in [0.4, 0.5) is 0 Å². The summed E-state index contributed by atoms with van der Waals surface area (Å²) in [5, 5.41) is 7.40. The minimum Gasteiger partial charge on any atom is -0.476 e. The Kier molecular flexibility index (Phi) is 7.12. The molecule has 1 aromatic rings. The normalized spacial score (nSPS) is 22.0. The highest BCUT2D eigenvalue weighted by atomic mass is 35.5. The van der Waals surface area contributed by atoms with Crippen molar-refractivity contribution < 1.29 is 4.74 Å². The van der Waals surface area contributed by atoms with E-state index in [1.54, 1.807) is 25.4 Å². The Morgan fingerprint density at radius 2 is 2.25 bits per heavy atom. The van der Waals surface area contributed by atoms with Crippen molar-refractivity contribution in [1.29, 1.82) is 0 Å². The van der Waals surface area contributed by atoms with Crippen LogP contribution >= 0.6 is 11.6 Å². The maximum atomic E-state index is 5.80. The number of aromatic nitrogens is 1. The number of rotatable bonds is 6. The van der Waals surface area contributed by atoms with E-state index in [2.05, 4.69) is 46.3 Å². The monoisotopic (exact) mass is 353 g/mol. The average molecular weight is 354 g/mol. The third-order valence-electron chi connectivity index (χ3n) is 4.26. The summed E-state index contributed by atoms with van der Waals surface area (Å²) in [5.74, 6) is 1.98. The molecule has 7 heteroatoms. The first kappa shape index (κ1) is 18.8. The molecule has 0 bridgehead atoms. The second-order valence-corrected chi connectivity index (χ2v) is 6.87. The zero-order valence-corrected chi connectivity index (χ0v) is 15.7. The Morgan fingerprint density at radius 3 is 2.83 bits per heavy atom. The molecule has 6 nitrogen and oxygen atoms in total. The van der Waals surface area contributed by atoms with Gasteiger partial charge in [-0.25, -0.2) is 4.98 Å². The molecule has 1 aliphatic rings. The van der Waals surface area contributed by atoms with Crippen molar-refractivity contribution in [3.05, 3.63) is 23.4 Å². The fourth-order valence-corrected chi connectivity index (χ4v) is 2.87. The molecular weight excluding hydrogens is 326 g/mol. The standard InChI is InChI=1S/C17H28ClN5O/c1-12(2)23-10-13(3)15(11-23)22-17(19-4)20-7-8-24-16-6-5-14(18)9-21-16/h5-6,9,12-13,15H,7-8,10-11H2,1-4H3,(H2,19,20,22). The summed E-state index contributed by atoms with van der Waals surface area (Å²) < 4.78 is 5.57. The number of nitrogens with zero attached hydrogens (tertiary/aromatic N) is 3. The molecule has 134 valence electrons. The zero-order valence-electron chi connectivity index (χ0n) is 14.9. The van der Waals surface area contributed by atoms with Crippen molar-refractivity contribution in [2.24, 2.45) is 10.9 Å². The molecule has 2 atom stereocenters. The van der Waals surface area contributed by atoms with Crippen molar-refractivity contribution >= 4 is 17.6 Å². The SMILES string of the molecule is CN=C(NCCOc1ccc(Cl)cn1)NC1CN(C(C)C)CC1C. The highest BCUT2D eigenvalue weighted by molar-refractivity contribution is 6.30. The molecule has 0 saturated carbocycles. The van der Waals surface area contributed by atoms with Crippen molar-refractivity contribution in [1.82, 2.24) is 20.5 Å². The summed E-state index contributed by atoms with van der Waals surface area (Å²) in [4.78, 5) is 10.9. The molecule has 0 radical (unpaired) electrons. The van der Waals surface area contributed by atoms with Crippen LogP contribution in [-0.2, 0) is 0 Å². The van der Waals surface area contributed by atoms with Gasteiger partial charge < -0.3 is 15.4 Å². The zero-order chi connectivity index (χ0) is 17.5. The van der Waals surface area contributed by atoms with Crippen LogP contribution in [0.15, 0.2) is 23.3 Å². The van der Waals surface area contributed by atoms with E-state index in [0.29, 0.717) is 42.1 Å². The minimum atomic E-state index is 0.414. The highest BCUT2D eigenvalue weighted by Gasteiger charge is 2.31. The molecule has 2 unspecified atom stereocenters. The van der Waals surface area contributed by atoms with Gasteiger partial charge in [-0.2, -0.15) is 0 Å². The fourth-order valence-electron chi connectivity index (χ4n) is 2.76. The van der Waals surface area contributed by atoms with Crippen LogP contribution in [0.2, 0.25) is 5.02 Å². The first-order chi connectivity index (χ1) is 11.5. The van der Waals surface area contributed by atoms with Crippen molar-refractivity contribution in [2.45, 2.75) is 32.9 Å². The molecule has 2 N–H and O–H groups in total. The van der Waals surface area contributed by atoms with Crippen LogP contribution in [0.3, 0.4) is 0 Å². The van der Waals surface area contributed by atoms with Gasteiger partial charge in [-0.3, -0.25) is 9.89 Å². The molecule has 0 amide bonds. The molecule has 1 saturated heterocycles. The lowest BCUT2D eigenvalue weighted by atomic mass is 10.1. The summed E-state index contributed by atoms with van der Waals surface area (Å²) in [6.07, 6.45) is 1.58. The van der Waals surface area contributed by atoms with Gasteiger partial charge >= 0.3 is 0 Å². The summed E-state index contributed by atoms with van der Waals surface area (Å²) in [6.45, 7) is 10.1. The quantitative estimate of drug-likeness (QED) is 0.465. The van der Waals surface area contributed by atoms with Gasteiger partial charge in [0.05, 0.1) is 11.6 Å². The largest absolute Gasteiger partial charge is 0.476 e. The molecule has 1 aromatic heterocycles. The van der Waals surface area contributed by atoms with Crippen LogP contribution in [-0.4, -0.2) is 61.2 Å². The average Bonchev–Trinajstić information content (AvgIpc) is 2.93. The topological polar surface area (TPSA) is 61.8 Å². The highest BCUT2D eigenvalue weighted by Crippen LogP contribution is 2.18. The molecule has 2 heterocycles. The second kappa shape index (κ2) is 9.08. The van der Waals surface area contributed by atoms with Gasteiger partial charge in [0, 0.05) is 44.5 Å². The molecule has 0 spiro atoms. The van der Waals surface area contributed by atoms with E-state index in [1.165, 1.54) is 0 Å². The maximum absolute atomic E-state index is 5.80. The molecule has 1 fully saturated rings. The Balaban J connectivity index is 1.72. The molecule has 0 aliphatic carbocycles. The number of guanidine groups is 1. The summed E-state index contributed by atoms with van der Waals surface area (Å²) in [6, 6.07) is 4.52. The van der Waals surface area contributed by atoms with Gasteiger partial charge in [-0.15, -0.1) is 0 Å². The van der Waals surface area contributed by atoms with E-state index in [4.69, 9.17) is 16.3 Å². The number of ether oxygens (including phenoxy) is 1. The molecule has 0 aromatic carbocycles. The van der Waals surface area contributed by atoms with Crippen LogP contribution in [0, 0.1) is 5.92 Å². The first-order valence-electron chi connectivity index (χ1n) is 8.45. The van der Waals surface area contributed by atoms with Crippen molar-refractivity contribution in [3.8, 4) is 5.88 Å². The molecule has 2 rings (SSSR count). The predicted molar refractivity (Wildman–Crippen MR) is 98.9 cm³/mol. The minimum absolute atomic E-state index is 0.414. The Bertz CT molecular complexity index is 534. The lowest BCUT2D eigenvalue weighted by Gasteiger charge is -2.21. The summed E-state index contributed by atoms with van der Waals surface area (Å²) in [5.41, 5.74) is 0. The van der Waals surface area contributed by atoms with E-state index < -0.39 is 0 Å². The van der Waals surface area contributed by atoms with Crippen LogP contribution in [0.25, 0.3) is 0 Å². The number of nitrogens with one attached hydrogen (secondary N) is 2. The molecule has 1 aliphatic heterocycles.